The van der Waals surface area contributed by atoms with Gasteiger partial charge in [0.1, 0.15) is 5.54 Å². The van der Waals surface area contributed by atoms with Crippen molar-refractivity contribution in [1.82, 2.24) is 25.1 Å². The van der Waals surface area contributed by atoms with Gasteiger partial charge in [-0.2, -0.15) is 4.98 Å². The molecule has 1 aromatic carbocycles. The number of carbonyl (C=O) groups excluding carboxylic acids is 2. The Morgan fingerprint density at radius 2 is 1.79 bits per heavy atom. The Kier molecular flexibility index (Phi) is 8.42. The van der Waals surface area contributed by atoms with Gasteiger partial charge in [0, 0.05) is 40.4 Å². The minimum absolute atomic E-state index is 0.0861. The van der Waals surface area contributed by atoms with Crippen molar-refractivity contribution >= 4 is 21.8 Å². The Balaban J connectivity index is 1.61. The standard InChI is InChI=1S/C23H33N5O5S/c1-17(29)26-23(14-8-4-5-9-15-23)22-25-21(33-27-22)13-12-20(30)24-16-18-10-6-7-11-19(18)34(31,32)28(2)3/h6-7,10-11H,4-5,8-9,12-16H2,1-3H3,(H,24,30)(H,26,29). The van der Waals surface area contributed by atoms with E-state index in [0.717, 1.165) is 42.8 Å². The predicted octanol–water partition coefficient (Wildman–Crippen LogP) is 2.25. The minimum Gasteiger partial charge on any atom is -0.352 e. The fourth-order valence-electron chi connectivity index (χ4n) is 4.23. The van der Waals surface area contributed by atoms with Crippen LogP contribution in [0.25, 0.3) is 0 Å². The van der Waals surface area contributed by atoms with Crippen molar-refractivity contribution in [3.05, 3.63) is 41.5 Å². The van der Waals surface area contributed by atoms with Gasteiger partial charge < -0.3 is 15.2 Å². The van der Waals surface area contributed by atoms with Crippen LogP contribution < -0.4 is 10.6 Å². The van der Waals surface area contributed by atoms with E-state index >= 15 is 0 Å². The molecule has 2 aromatic rings. The molecule has 186 valence electrons. The monoisotopic (exact) mass is 491 g/mol. The third-order valence-electron chi connectivity index (χ3n) is 6.04. The molecule has 34 heavy (non-hydrogen) atoms. The van der Waals surface area contributed by atoms with Crippen LogP contribution in [0.3, 0.4) is 0 Å². The largest absolute Gasteiger partial charge is 0.352 e. The quantitative estimate of drug-likeness (QED) is 0.514. The van der Waals surface area contributed by atoms with Gasteiger partial charge in [0.05, 0.1) is 4.90 Å². The maximum absolute atomic E-state index is 12.5. The van der Waals surface area contributed by atoms with Crippen molar-refractivity contribution in [3.63, 3.8) is 0 Å². The summed E-state index contributed by atoms with van der Waals surface area (Å²) in [5, 5.41) is 9.93. The molecule has 3 rings (SSSR count). The lowest BCUT2D eigenvalue weighted by molar-refractivity contribution is -0.122. The molecule has 1 saturated carbocycles. The number of rotatable bonds is 9. The fourth-order valence-corrected chi connectivity index (χ4v) is 5.34. The van der Waals surface area contributed by atoms with Crippen LogP contribution in [0, 0.1) is 0 Å². The molecule has 0 atom stereocenters. The van der Waals surface area contributed by atoms with Crippen LogP contribution in [0.1, 0.15) is 69.1 Å². The lowest BCUT2D eigenvalue weighted by Crippen LogP contribution is -2.45. The Labute approximate surface area is 200 Å². The van der Waals surface area contributed by atoms with E-state index in [1.807, 2.05) is 0 Å². The lowest BCUT2D eigenvalue weighted by atomic mass is 9.89. The summed E-state index contributed by atoms with van der Waals surface area (Å²) in [6, 6.07) is 6.58. The van der Waals surface area contributed by atoms with Crippen LogP contribution in [-0.2, 0) is 38.1 Å². The van der Waals surface area contributed by atoms with E-state index in [-0.39, 0.29) is 36.1 Å². The van der Waals surface area contributed by atoms with Gasteiger partial charge in [-0.3, -0.25) is 9.59 Å². The molecular weight excluding hydrogens is 458 g/mol. The molecule has 0 aliphatic heterocycles. The van der Waals surface area contributed by atoms with Crippen LogP contribution in [0.5, 0.6) is 0 Å². The maximum Gasteiger partial charge on any atom is 0.242 e. The molecule has 11 heteroatoms. The number of hydrogen-bond donors (Lipinski definition) is 2. The van der Waals surface area contributed by atoms with Crippen LogP contribution in [0.15, 0.2) is 33.7 Å². The van der Waals surface area contributed by atoms with Crippen LogP contribution in [0.2, 0.25) is 0 Å². The number of nitrogens with zero attached hydrogens (tertiary/aromatic N) is 3. The highest BCUT2D eigenvalue weighted by atomic mass is 32.2. The minimum atomic E-state index is -3.62. The van der Waals surface area contributed by atoms with Crippen molar-refractivity contribution < 1.29 is 22.5 Å². The van der Waals surface area contributed by atoms with Gasteiger partial charge in [0.2, 0.25) is 27.7 Å². The van der Waals surface area contributed by atoms with Gasteiger partial charge in [0.25, 0.3) is 0 Å². The number of carbonyl (C=O) groups is 2. The molecule has 0 saturated heterocycles. The van der Waals surface area contributed by atoms with Crippen molar-refractivity contribution in [2.75, 3.05) is 14.1 Å². The van der Waals surface area contributed by atoms with Gasteiger partial charge in [0.15, 0.2) is 5.82 Å². The Hall–Kier alpha value is -2.79. The average molecular weight is 492 g/mol. The zero-order valence-corrected chi connectivity index (χ0v) is 20.8. The van der Waals surface area contributed by atoms with Gasteiger partial charge in [-0.1, -0.05) is 49.0 Å². The number of nitrogens with one attached hydrogen (secondary N) is 2. The first kappa shape index (κ1) is 25.8. The third kappa shape index (κ3) is 6.20. The molecule has 1 fully saturated rings. The molecule has 0 radical (unpaired) electrons. The summed E-state index contributed by atoms with van der Waals surface area (Å²) in [4.78, 5) is 28.9. The summed E-state index contributed by atoms with van der Waals surface area (Å²) in [5.41, 5.74) is -0.121. The van der Waals surface area contributed by atoms with Crippen LogP contribution >= 0.6 is 0 Å². The molecule has 0 bridgehead atoms. The molecule has 0 unspecified atom stereocenters. The number of aryl methyl sites for hydroxylation is 1. The van der Waals surface area contributed by atoms with Crippen LogP contribution in [0.4, 0.5) is 0 Å². The highest BCUT2D eigenvalue weighted by Gasteiger charge is 2.38. The zero-order valence-electron chi connectivity index (χ0n) is 20.0. The Bertz CT molecular complexity index is 1100. The fraction of sp³-hybridized carbons (Fsp3) is 0.565. The highest BCUT2D eigenvalue weighted by molar-refractivity contribution is 7.89. The van der Waals surface area contributed by atoms with E-state index in [2.05, 4.69) is 20.8 Å². The second kappa shape index (κ2) is 11.1. The highest BCUT2D eigenvalue weighted by Crippen LogP contribution is 2.34. The first-order chi connectivity index (χ1) is 16.1. The molecule has 2 N–H and O–H groups in total. The molecular formula is C23H33N5O5S. The Morgan fingerprint density at radius 3 is 2.44 bits per heavy atom. The van der Waals surface area contributed by atoms with E-state index in [0.29, 0.717) is 17.3 Å². The van der Waals surface area contributed by atoms with E-state index in [9.17, 15) is 18.0 Å². The van der Waals surface area contributed by atoms with Crippen LogP contribution in [-0.4, -0.2) is 48.8 Å². The van der Waals surface area contributed by atoms with E-state index < -0.39 is 15.6 Å². The molecule has 2 amide bonds. The first-order valence-corrected chi connectivity index (χ1v) is 13.0. The lowest BCUT2D eigenvalue weighted by Gasteiger charge is -2.30. The van der Waals surface area contributed by atoms with Gasteiger partial charge >= 0.3 is 0 Å². The molecule has 1 heterocycles. The number of sulfonamides is 1. The number of hydrogen-bond acceptors (Lipinski definition) is 7. The summed E-state index contributed by atoms with van der Waals surface area (Å²) in [6.45, 7) is 1.57. The van der Waals surface area contributed by atoms with Gasteiger partial charge in [-0.25, -0.2) is 12.7 Å². The summed E-state index contributed by atoms with van der Waals surface area (Å²) >= 11 is 0. The number of aromatic nitrogens is 2. The number of benzene rings is 1. The van der Waals surface area contributed by atoms with E-state index in [4.69, 9.17) is 4.52 Å². The Morgan fingerprint density at radius 1 is 1.12 bits per heavy atom. The van der Waals surface area contributed by atoms with Crippen molar-refractivity contribution in [1.29, 1.82) is 0 Å². The smallest absolute Gasteiger partial charge is 0.242 e. The van der Waals surface area contributed by atoms with Crippen molar-refractivity contribution in [2.24, 2.45) is 0 Å². The molecule has 1 aliphatic carbocycles. The SMILES string of the molecule is CC(=O)NC1(c2noc(CCC(=O)NCc3ccccc3S(=O)(=O)N(C)C)n2)CCCCCC1. The first-order valence-electron chi connectivity index (χ1n) is 11.5. The summed E-state index contributed by atoms with van der Waals surface area (Å²) in [6.07, 6.45) is 6.00. The molecule has 1 aromatic heterocycles. The summed E-state index contributed by atoms with van der Waals surface area (Å²) < 4.78 is 31.6. The van der Waals surface area contributed by atoms with Gasteiger partial charge in [-0.15, -0.1) is 0 Å². The van der Waals surface area contributed by atoms with Crippen molar-refractivity contribution in [2.45, 2.75) is 75.3 Å². The van der Waals surface area contributed by atoms with E-state index in [1.54, 1.807) is 18.2 Å². The zero-order chi connectivity index (χ0) is 24.8. The molecule has 10 nitrogen and oxygen atoms in total. The second-order valence-electron chi connectivity index (χ2n) is 8.86. The van der Waals surface area contributed by atoms with E-state index in [1.165, 1.54) is 27.1 Å². The normalized spacial score (nSPS) is 16.1. The summed E-state index contributed by atoms with van der Waals surface area (Å²) in [7, 11) is -0.684. The average Bonchev–Trinajstić information content (AvgIpc) is 3.16. The summed E-state index contributed by atoms with van der Waals surface area (Å²) in [5.74, 6) is 0.393. The van der Waals surface area contributed by atoms with Crippen molar-refractivity contribution in [3.8, 4) is 0 Å². The van der Waals surface area contributed by atoms with Gasteiger partial charge in [-0.05, 0) is 24.5 Å². The maximum atomic E-state index is 12.5. The molecule has 0 spiro atoms. The number of amides is 2. The third-order valence-corrected chi connectivity index (χ3v) is 7.96. The topological polar surface area (TPSA) is 134 Å². The predicted molar refractivity (Wildman–Crippen MR) is 125 cm³/mol. The molecule has 1 aliphatic rings. The second-order valence-corrected chi connectivity index (χ2v) is 11.0.